The molecule has 4 heteroatoms. The molecule has 1 fully saturated rings. The van der Waals surface area contributed by atoms with Crippen LogP contribution in [0.5, 0.6) is 0 Å². The fraction of sp³-hybridized carbons (Fsp3) is 0.560. The van der Waals surface area contributed by atoms with Gasteiger partial charge in [0.1, 0.15) is 0 Å². The number of nitrogens with zero attached hydrogens (tertiary/aromatic N) is 2. The lowest BCUT2D eigenvalue weighted by Gasteiger charge is -2.44. The Hall–Kier alpha value is -1.75. The first kappa shape index (κ1) is 19.2. The van der Waals surface area contributed by atoms with Crippen molar-refractivity contribution in [3.63, 3.8) is 0 Å². The van der Waals surface area contributed by atoms with Crippen LogP contribution in [0.2, 0.25) is 0 Å². The van der Waals surface area contributed by atoms with Crippen molar-refractivity contribution in [3.8, 4) is 0 Å². The minimum Gasteiger partial charge on any atom is -0.328 e. The highest BCUT2D eigenvalue weighted by molar-refractivity contribution is 5.30. The number of nitrogens with one attached hydrogen (secondary N) is 1. The molecule has 2 aliphatic carbocycles. The van der Waals surface area contributed by atoms with E-state index in [0.29, 0.717) is 24.2 Å². The first-order valence-corrected chi connectivity index (χ1v) is 11.5. The lowest BCUT2D eigenvalue weighted by Crippen LogP contribution is -2.51. The Bertz CT molecular complexity index is 827. The molecule has 0 amide bonds. The van der Waals surface area contributed by atoms with E-state index in [4.69, 9.17) is 10.7 Å². The molecule has 1 saturated carbocycles. The van der Waals surface area contributed by atoms with Gasteiger partial charge in [-0.2, -0.15) is 0 Å². The van der Waals surface area contributed by atoms with Gasteiger partial charge in [-0.3, -0.25) is 9.88 Å². The monoisotopic (exact) mass is 390 g/mol. The molecule has 3 N–H and O–H groups in total. The molecule has 29 heavy (non-hydrogen) atoms. The van der Waals surface area contributed by atoms with Gasteiger partial charge in [-0.1, -0.05) is 30.3 Å². The minimum atomic E-state index is 0.393. The predicted molar refractivity (Wildman–Crippen MR) is 118 cm³/mol. The highest BCUT2D eigenvalue weighted by Gasteiger charge is 2.35. The van der Waals surface area contributed by atoms with Crippen molar-refractivity contribution < 1.29 is 0 Å². The van der Waals surface area contributed by atoms with Crippen LogP contribution in [-0.2, 0) is 19.4 Å². The second-order valence-electron chi connectivity index (χ2n) is 9.27. The average Bonchev–Trinajstić information content (AvgIpc) is 2.78. The first-order chi connectivity index (χ1) is 14.3. The molecule has 1 aliphatic heterocycles. The van der Waals surface area contributed by atoms with Crippen molar-refractivity contribution in [2.75, 3.05) is 6.54 Å². The summed E-state index contributed by atoms with van der Waals surface area (Å²) < 4.78 is 0. The van der Waals surface area contributed by atoms with E-state index in [1.807, 2.05) is 6.20 Å². The van der Waals surface area contributed by atoms with E-state index in [-0.39, 0.29) is 0 Å². The molecule has 1 aromatic heterocycles. The number of benzene rings is 1. The van der Waals surface area contributed by atoms with Crippen molar-refractivity contribution >= 4 is 0 Å². The maximum absolute atomic E-state index is 6.25. The molecule has 0 saturated heterocycles. The Morgan fingerprint density at radius 1 is 0.966 bits per heavy atom. The smallest absolute Gasteiger partial charge is 0.0607 e. The van der Waals surface area contributed by atoms with Gasteiger partial charge in [0, 0.05) is 37.4 Å². The molecule has 2 aromatic rings. The average molecular weight is 391 g/mol. The molecule has 2 atom stereocenters. The van der Waals surface area contributed by atoms with Crippen LogP contribution in [0.4, 0.5) is 0 Å². The number of hydrogen-bond donors (Lipinski definition) is 2. The molecule has 0 radical (unpaired) electrons. The minimum absolute atomic E-state index is 0.393. The van der Waals surface area contributed by atoms with Gasteiger partial charge in [0.15, 0.2) is 0 Å². The van der Waals surface area contributed by atoms with Gasteiger partial charge < -0.3 is 11.1 Å². The van der Waals surface area contributed by atoms with Crippen LogP contribution < -0.4 is 11.1 Å². The third-order valence-electron chi connectivity index (χ3n) is 7.37. The second kappa shape index (κ2) is 8.55. The van der Waals surface area contributed by atoms with E-state index < -0.39 is 0 Å². The fourth-order valence-electron chi connectivity index (χ4n) is 5.78. The van der Waals surface area contributed by atoms with Gasteiger partial charge in [0.25, 0.3) is 0 Å². The maximum Gasteiger partial charge on any atom is 0.0607 e. The molecule has 4 nitrogen and oxygen atoms in total. The summed E-state index contributed by atoms with van der Waals surface area (Å²) in [7, 11) is 0. The number of fused-ring (bicyclic) bond motifs is 2. The topological polar surface area (TPSA) is 54.2 Å². The van der Waals surface area contributed by atoms with Crippen LogP contribution in [0.25, 0.3) is 0 Å². The number of pyridine rings is 1. The van der Waals surface area contributed by atoms with E-state index in [9.17, 15) is 0 Å². The lowest BCUT2D eigenvalue weighted by molar-refractivity contribution is 0.0740. The molecule has 3 aliphatic rings. The number of aryl methyl sites for hydroxylation is 1. The maximum atomic E-state index is 6.25. The second-order valence-corrected chi connectivity index (χ2v) is 9.27. The van der Waals surface area contributed by atoms with Gasteiger partial charge in [-0.05, 0) is 74.1 Å². The normalized spacial score (nSPS) is 29.3. The molecule has 5 rings (SSSR count). The highest BCUT2D eigenvalue weighted by Crippen LogP contribution is 2.37. The Kier molecular flexibility index (Phi) is 5.67. The van der Waals surface area contributed by atoms with Gasteiger partial charge in [0.2, 0.25) is 0 Å². The van der Waals surface area contributed by atoms with Crippen molar-refractivity contribution in [2.24, 2.45) is 5.73 Å². The van der Waals surface area contributed by atoms with Crippen LogP contribution in [0.1, 0.15) is 67.0 Å². The van der Waals surface area contributed by atoms with Gasteiger partial charge >= 0.3 is 0 Å². The highest BCUT2D eigenvalue weighted by atomic mass is 15.2. The molecular formula is C25H34N4. The standard InChI is InChI=1S/C25H34N4/c26-21-10-12-23(13-11-21)29(24-9-3-7-18-8-4-14-27-25(18)24)17-22-15-19-5-1-2-6-20(19)16-28-22/h1-2,4-6,8,14,21-24,28H,3,7,9-13,15-17,26H2/t21?,22-,23?,24+/m1/s1. The van der Waals surface area contributed by atoms with Gasteiger partial charge in [-0.25, -0.2) is 0 Å². The summed E-state index contributed by atoms with van der Waals surface area (Å²) in [5.74, 6) is 0. The zero-order chi connectivity index (χ0) is 19.6. The van der Waals surface area contributed by atoms with Crippen LogP contribution >= 0.6 is 0 Å². The Balaban J connectivity index is 1.40. The third kappa shape index (κ3) is 4.11. The van der Waals surface area contributed by atoms with Gasteiger partial charge in [0.05, 0.1) is 11.7 Å². The summed E-state index contributed by atoms with van der Waals surface area (Å²) in [5.41, 5.74) is 12.0. The largest absolute Gasteiger partial charge is 0.328 e. The predicted octanol–water partition coefficient (Wildman–Crippen LogP) is 3.75. The molecular weight excluding hydrogens is 356 g/mol. The summed E-state index contributed by atoms with van der Waals surface area (Å²) in [6, 6.07) is 15.3. The lowest BCUT2D eigenvalue weighted by atomic mass is 9.85. The van der Waals surface area contributed by atoms with E-state index in [0.717, 1.165) is 32.4 Å². The van der Waals surface area contributed by atoms with E-state index in [2.05, 4.69) is 46.6 Å². The van der Waals surface area contributed by atoms with E-state index in [1.165, 1.54) is 54.5 Å². The van der Waals surface area contributed by atoms with Crippen molar-refractivity contribution in [2.45, 2.75) is 82.1 Å². The zero-order valence-electron chi connectivity index (χ0n) is 17.4. The number of nitrogens with two attached hydrogens (primary N) is 1. The fourth-order valence-corrected chi connectivity index (χ4v) is 5.78. The van der Waals surface area contributed by atoms with Crippen molar-refractivity contribution in [1.29, 1.82) is 0 Å². The van der Waals surface area contributed by atoms with E-state index in [1.54, 1.807) is 0 Å². The van der Waals surface area contributed by atoms with Crippen LogP contribution in [-0.4, -0.2) is 34.6 Å². The molecule has 154 valence electrons. The molecule has 0 bridgehead atoms. The molecule has 2 heterocycles. The molecule has 0 unspecified atom stereocenters. The zero-order valence-corrected chi connectivity index (χ0v) is 17.4. The summed E-state index contributed by atoms with van der Waals surface area (Å²) in [4.78, 5) is 7.70. The van der Waals surface area contributed by atoms with Gasteiger partial charge in [-0.15, -0.1) is 0 Å². The number of rotatable bonds is 4. The summed E-state index contributed by atoms with van der Waals surface area (Å²) in [6.45, 7) is 2.10. The van der Waals surface area contributed by atoms with E-state index >= 15 is 0 Å². The summed E-state index contributed by atoms with van der Waals surface area (Å²) in [5, 5.41) is 3.83. The first-order valence-electron chi connectivity index (χ1n) is 11.5. The molecule has 0 spiro atoms. The Morgan fingerprint density at radius 2 is 1.76 bits per heavy atom. The van der Waals surface area contributed by atoms with Crippen molar-refractivity contribution in [3.05, 3.63) is 65.0 Å². The number of aromatic nitrogens is 1. The number of hydrogen-bond acceptors (Lipinski definition) is 4. The van der Waals surface area contributed by atoms with Crippen molar-refractivity contribution in [1.82, 2.24) is 15.2 Å². The quantitative estimate of drug-likeness (QED) is 0.835. The third-order valence-corrected chi connectivity index (χ3v) is 7.37. The van der Waals surface area contributed by atoms with Crippen LogP contribution in [0.3, 0.4) is 0 Å². The van der Waals surface area contributed by atoms with Crippen LogP contribution in [0, 0.1) is 0 Å². The SMILES string of the molecule is NC1CCC(N(C[C@H]2Cc3ccccc3CN2)[C@H]2CCCc3cccnc32)CC1. The Labute approximate surface area is 174 Å². The Morgan fingerprint density at radius 3 is 2.62 bits per heavy atom. The molecule has 1 aromatic carbocycles. The van der Waals surface area contributed by atoms with Crippen LogP contribution in [0.15, 0.2) is 42.6 Å². The summed E-state index contributed by atoms with van der Waals surface area (Å²) >= 11 is 0. The summed E-state index contributed by atoms with van der Waals surface area (Å²) in [6.07, 6.45) is 11.6.